The van der Waals surface area contributed by atoms with Crippen molar-refractivity contribution in [3.05, 3.63) is 28.8 Å². The predicted molar refractivity (Wildman–Crippen MR) is 136 cm³/mol. The number of hydrogen-bond donors (Lipinski definition) is 4. The van der Waals surface area contributed by atoms with Crippen LogP contribution in [-0.2, 0) is 4.79 Å². The lowest BCUT2D eigenvalue weighted by atomic mass is 9.72. The number of benzene rings is 1. The number of aliphatic hydroxyl groups is 1. The van der Waals surface area contributed by atoms with Gasteiger partial charge >= 0.3 is 0 Å². The molecule has 1 saturated carbocycles. The van der Waals surface area contributed by atoms with Gasteiger partial charge in [-0.25, -0.2) is 0 Å². The summed E-state index contributed by atoms with van der Waals surface area (Å²) in [6.07, 6.45) is 7.08. The first-order valence-electron chi connectivity index (χ1n) is 10.7. The van der Waals surface area contributed by atoms with Crippen LogP contribution in [0, 0.1) is 12.3 Å². The van der Waals surface area contributed by atoms with Crippen molar-refractivity contribution in [1.29, 1.82) is 0 Å². The fraction of sp³-hybridized carbons (Fsp3) is 0.636. The summed E-state index contributed by atoms with van der Waals surface area (Å²) in [4.78, 5) is 17.0. The first kappa shape index (κ1) is 27.0. The highest BCUT2D eigenvalue weighted by molar-refractivity contribution is 14.0. The van der Waals surface area contributed by atoms with E-state index in [1.165, 1.54) is 19.3 Å². The third-order valence-electron chi connectivity index (χ3n) is 5.66. The minimum atomic E-state index is -0.0669. The summed E-state index contributed by atoms with van der Waals surface area (Å²) in [6.45, 7) is 6.08. The minimum Gasteiger partial charge on any atom is -0.396 e. The molecule has 0 atom stereocenters. The maximum Gasteiger partial charge on any atom is 0.226 e. The van der Waals surface area contributed by atoms with Crippen molar-refractivity contribution in [3.63, 3.8) is 0 Å². The molecule has 0 spiro atoms. The molecule has 0 unspecified atom stereocenters. The topological polar surface area (TPSA) is 85.8 Å². The van der Waals surface area contributed by atoms with Gasteiger partial charge in [0.2, 0.25) is 5.91 Å². The zero-order valence-corrected chi connectivity index (χ0v) is 21.2. The van der Waals surface area contributed by atoms with Gasteiger partial charge in [-0.05, 0) is 56.2 Å². The van der Waals surface area contributed by atoms with E-state index in [-0.39, 0.29) is 41.9 Å². The zero-order chi connectivity index (χ0) is 21.1. The Morgan fingerprint density at radius 1 is 1.23 bits per heavy atom. The Morgan fingerprint density at radius 2 is 1.97 bits per heavy atom. The first-order valence-corrected chi connectivity index (χ1v) is 11.1. The molecule has 1 amide bonds. The fourth-order valence-corrected chi connectivity index (χ4v) is 4.04. The first-order chi connectivity index (χ1) is 14.0. The third kappa shape index (κ3) is 8.59. The standard InChI is InChI=1S/C22H35ClN4O2.HI/c1-3-24-21(26-16-22(13-15-28)11-5-4-6-12-22)25-14-10-20(29)27-19-9-7-8-18(23)17(19)2;/h7-9,28H,3-6,10-16H2,1-2H3,(H,27,29)(H2,24,25,26);1H. The average molecular weight is 551 g/mol. The number of halogens is 2. The molecule has 1 aliphatic carbocycles. The normalized spacial score (nSPS) is 15.8. The predicted octanol–water partition coefficient (Wildman–Crippen LogP) is 4.48. The molecule has 1 aliphatic rings. The number of carbonyl (C=O) groups excluding carboxylic acids is 1. The van der Waals surface area contributed by atoms with E-state index in [0.29, 0.717) is 24.5 Å². The zero-order valence-electron chi connectivity index (χ0n) is 18.1. The van der Waals surface area contributed by atoms with Crippen molar-refractivity contribution in [1.82, 2.24) is 10.6 Å². The van der Waals surface area contributed by atoms with Crippen LogP contribution in [0.15, 0.2) is 23.2 Å². The number of carbonyl (C=O) groups is 1. The molecule has 1 aromatic rings. The van der Waals surface area contributed by atoms with Crippen LogP contribution in [0.5, 0.6) is 0 Å². The molecule has 170 valence electrons. The van der Waals surface area contributed by atoms with Gasteiger partial charge in [-0.15, -0.1) is 24.0 Å². The number of nitrogens with one attached hydrogen (secondary N) is 3. The number of anilines is 1. The quantitative estimate of drug-likeness (QED) is 0.207. The second-order valence-electron chi connectivity index (χ2n) is 7.87. The van der Waals surface area contributed by atoms with Crippen LogP contribution in [0.25, 0.3) is 0 Å². The molecule has 0 saturated heterocycles. The van der Waals surface area contributed by atoms with Gasteiger partial charge in [0, 0.05) is 43.4 Å². The summed E-state index contributed by atoms with van der Waals surface area (Å²) in [5.74, 6) is 0.657. The van der Waals surface area contributed by atoms with Crippen molar-refractivity contribution >= 4 is 53.1 Å². The molecule has 0 bridgehead atoms. The number of rotatable bonds is 9. The van der Waals surface area contributed by atoms with Gasteiger partial charge in [-0.2, -0.15) is 0 Å². The number of guanidine groups is 1. The minimum absolute atomic E-state index is 0. The van der Waals surface area contributed by atoms with E-state index in [1.54, 1.807) is 0 Å². The van der Waals surface area contributed by atoms with Crippen molar-refractivity contribution in [2.45, 2.75) is 58.8 Å². The summed E-state index contributed by atoms with van der Waals surface area (Å²) >= 11 is 6.11. The molecule has 8 heteroatoms. The number of nitrogens with zero attached hydrogens (tertiary/aromatic N) is 1. The van der Waals surface area contributed by atoms with Crippen LogP contribution in [0.1, 0.15) is 57.4 Å². The summed E-state index contributed by atoms with van der Waals surface area (Å²) in [6, 6.07) is 5.48. The number of amides is 1. The van der Waals surface area contributed by atoms with Crippen LogP contribution in [0.4, 0.5) is 5.69 Å². The van der Waals surface area contributed by atoms with Gasteiger partial charge in [0.25, 0.3) is 0 Å². The molecule has 0 radical (unpaired) electrons. The Labute approximate surface area is 202 Å². The van der Waals surface area contributed by atoms with E-state index in [4.69, 9.17) is 16.6 Å². The summed E-state index contributed by atoms with van der Waals surface area (Å²) in [7, 11) is 0. The molecule has 1 fully saturated rings. The fourth-order valence-electron chi connectivity index (χ4n) is 3.86. The maximum absolute atomic E-state index is 12.3. The average Bonchev–Trinajstić information content (AvgIpc) is 2.71. The van der Waals surface area contributed by atoms with Crippen molar-refractivity contribution in [2.24, 2.45) is 10.4 Å². The summed E-state index contributed by atoms with van der Waals surface area (Å²) < 4.78 is 0. The van der Waals surface area contributed by atoms with E-state index >= 15 is 0 Å². The number of hydrogen-bond acceptors (Lipinski definition) is 3. The molecule has 6 nitrogen and oxygen atoms in total. The Balaban J connectivity index is 0.00000450. The second kappa shape index (κ2) is 14.1. The van der Waals surface area contributed by atoms with E-state index < -0.39 is 0 Å². The highest BCUT2D eigenvalue weighted by atomic mass is 127. The Bertz CT molecular complexity index is 688. The lowest BCUT2D eigenvalue weighted by Crippen LogP contribution is -2.40. The van der Waals surface area contributed by atoms with Crippen molar-refractivity contribution in [3.8, 4) is 0 Å². The molecular formula is C22H36ClIN4O2. The summed E-state index contributed by atoms with van der Waals surface area (Å²) in [5.41, 5.74) is 1.72. The van der Waals surface area contributed by atoms with Crippen LogP contribution < -0.4 is 16.0 Å². The molecule has 2 rings (SSSR count). The van der Waals surface area contributed by atoms with Gasteiger partial charge in [0.15, 0.2) is 5.96 Å². The highest BCUT2D eigenvalue weighted by Gasteiger charge is 2.31. The van der Waals surface area contributed by atoms with Crippen molar-refractivity contribution < 1.29 is 9.90 Å². The Kier molecular flexibility index (Phi) is 12.7. The molecule has 4 N–H and O–H groups in total. The largest absolute Gasteiger partial charge is 0.396 e. The van der Waals surface area contributed by atoms with E-state index in [1.807, 2.05) is 32.0 Å². The van der Waals surface area contributed by atoms with Crippen LogP contribution >= 0.6 is 35.6 Å². The van der Waals surface area contributed by atoms with E-state index in [9.17, 15) is 9.90 Å². The lowest BCUT2D eigenvalue weighted by molar-refractivity contribution is -0.116. The Morgan fingerprint density at radius 3 is 2.63 bits per heavy atom. The number of aliphatic imine (C=N–C) groups is 1. The van der Waals surface area contributed by atoms with Gasteiger partial charge in [0.1, 0.15) is 0 Å². The SMILES string of the molecule is CCNC(=NCC1(CCO)CCCCC1)NCCC(=O)Nc1cccc(Cl)c1C.I. The molecular weight excluding hydrogens is 515 g/mol. The van der Waals surface area contributed by atoms with Gasteiger partial charge < -0.3 is 21.1 Å². The monoisotopic (exact) mass is 550 g/mol. The van der Waals surface area contributed by atoms with Crippen LogP contribution in [0.3, 0.4) is 0 Å². The maximum atomic E-state index is 12.3. The van der Waals surface area contributed by atoms with E-state index in [0.717, 1.165) is 43.0 Å². The number of aliphatic hydroxyl groups excluding tert-OH is 1. The Hall–Kier alpha value is -1.06. The smallest absolute Gasteiger partial charge is 0.226 e. The van der Waals surface area contributed by atoms with Gasteiger partial charge in [-0.1, -0.05) is 36.9 Å². The van der Waals surface area contributed by atoms with Gasteiger partial charge in [-0.3, -0.25) is 9.79 Å². The highest BCUT2D eigenvalue weighted by Crippen LogP contribution is 2.39. The second-order valence-corrected chi connectivity index (χ2v) is 8.27. The third-order valence-corrected chi connectivity index (χ3v) is 6.07. The molecule has 0 aromatic heterocycles. The lowest BCUT2D eigenvalue weighted by Gasteiger charge is -2.35. The molecule has 0 heterocycles. The van der Waals surface area contributed by atoms with E-state index in [2.05, 4.69) is 16.0 Å². The molecule has 30 heavy (non-hydrogen) atoms. The summed E-state index contributed by atoms with van der Waals surface area (Å²) in [5, 5.41) is 19.5. The van der Waals surface area contributed by atoms with Crippen LogP contribution in [0.2, 0.25) is 5.02 Å². The molecule has 1 aromatic carbocycles. The van der Waals surface area contributed by atoms with Crippen LogP contribution in [-0.4, -0.2) is 43.2 Å². The molecule has 0 aliphatic heterocycles. The van der Waals surface area contributed by atoms with Crippen molar-refractivity contribution in [2.75, 3.05) is 31.6 Å². The van der Waals surface area contributed by atoms with Gasteiger partial charge in [0.05, 0.1) is 0 Å².